The average Bonchev–Trinajstić information content (AvgIpc) is 2.79. The SMILES string of the molecule is CCN(c1cc(-c2ccnc(NC)c2)c[nH]c1=O)[C@H]1CCCN(C(=O)/C=C/CN)C1. The van der Waals surface area contributed by atoms with Crippen LogP contribution in [0.25, 0.3) is 11.1 Å². The molecule has 2 aromatic rings. The molecule has 0 radical (unpaired) electrons. The van der Waals surface area contributed by atoms with Crippen LogP contribution in [-0.2, 0) is 4.79 Å². The zero-order chi connectivity index (χ0) is 21.5. The Balaban J connectivity index is 1.88. The van der Waals surface area contributed by atoms with Gasteiger partial charge in [-0.05, 0) is 43.5 Å². The Morgan fingerprint density at radius 1 is 1.43 bits per heavy atom. The number of aromatic nitrogens is 2. The molecular formula is C22H30N6O2. The largest absolute Gasteiger partial charge is 0.373 e. The number of rotatable bonds is 7. The van der Waals surface area contributed by atoms with Gasteiger partial charge in [-0.15, -0.1) is 0 Å². The van der Waals surface area contributed by atoms with Gasteiger partial charge in [-0.3, -0.25) is 9.59 Å². The number of piperidine rings is 1. The molecule has 0 bridgehead atoms. The van der Waals surface area contributed by atoms with Crippen molar-refractivity contribution in [2.45, 2.75) is 25.8 Å². The van der Waals surface area contributed by atoms with Gasteiger partial charge in [0.15, 0.2) is 0 Å². The highest BCUT2D eigenvalue weighted by molar-refractivity contribution is 5.87. The fourth-order valence-corrected chi connectivity index (χ4v) is 3.91. The summed E-state index contributed by atoms with van der Waals surface area (Å²) in [6.07, 6.45) is 8.50. The van der Waals surface area contributed by atoms with Gasteiger partial charge in [0.05, 0.1) is 0 Å². The van der Waals surface area contributed by atoms with Crippen molar-refractivity contribution >= 4 is 17.4 Å². The van der Waals surface area contributed by atoms with Gasteiger partial charge in [0.2, 0.25) is 5.91 Å². The van der Waals surface area contributed by atoms with Gasteiger partial charge in [0, 0.05) is 63.3 Å². The molecule has 0 unspecified atom stereocenters. The fourth-order valence-electron chi connectivity index (χ4n) is 3.91. The first-order valence-electron chi connectivity index (χ1n) is 10.4. The van der Waals surface area contributed by atoms with E-state index in [9.17, 15) is 9.59 Å². The molecule has 3 heterocycles. The van der Waals surface area contributed by atoms with Gasteiger partial charge < -0.3 is 25.8 Å². The summed E-state index contributed by atoms with van der Waals surface area (Å²) in [5.41, 5.74) is 7.84. The Morgan fingerprint density at radius 2 is 2.27 bits per heavy atom. The molecule has 0 spiro atoms. The van der Waals surface area contributed by atoms with E-state index in [1.54, 1.807) is 18.5 Å². The Labute approximate surface area is 176 Å². The number of hydrogen-bond acceptors (Lipinski definition) is 6. The molecule has 2 aromatic heterocycles. The van der Waals surface area contributed by atoms with Crippen LogP contribution in [0.3, 0.4) is 0 Å². The molecule has 1 aliphatic heterocycles. The number of anilines is 2. The highest BCUT2D eigenvalue weighted by atomic mass is 16.2. The third-order valence-electron chi connectivity index (χ3n) is 5.43. The lowest BCUT2D eigenvalue weighted by Crippen LogP contribution is -2.50. The predicted octanol–water partition coefficient (Wildman–Crippen LogP) is 1.81. The number of amides is 1. The number of likely N-dealkylation sites (tertiary alicyclic amines) is 1. The number of carbonyl (C=O) groups is 1. The number of H-pyrrole nitrogens is 1. The summed E-state index contributed by atoms with van der Waals surface area (Å²) >= 11 is 0. The average molecular weight is 411 g/mol. The van der Waals surface area contributed by atoms with Crippen molar-refractivity contribution in [3.63, 3.8) is 0 Å². The third kappa shape index (κ3) is 4.88. The van der Waals surface area contributed by atoms with E-state index in [0.29, 0.717) is 25.3 Å². The van der Waals surface area contributed by atoms with Gasteiger partial charge in [-0.25, -0.2) is 4.98 Å². The number of aromatic amines is 1. The summed E-state index contributed by atoms with van der Waals surface area (Å²) in [6.45, 7) is 4.37. The quantitative estimate of drug-likeness (QED) is 0.601. The van der Waals surface area contributed by atoms with Gasteiger partial charge in [-0.2, -0.15) is 0 Å². The van der Waals surface area contributed by atoms with Crippen molar-refractivity contribution in [3.8, 4) is 11.1 Å². The van der Waals surface area contributed by atoms with E-state index < -0.39 is 0 Å². The molecule has 1 saturated heterocycles. The van der Waals surface area contributed by atoms with E-state index in [-0.39, 0.29) is 17.5 Å². The van der Waals surface area contributed by atoms with Gasteiger partial charge in [-0.1, -0.05) is 6.08 Å². The van der Waals surface area contributed by atoms with E-state index in [2.05, 4.69) is 20.2 Å². The highest BCUT2D eigenvalue weighted by Crippen LogP contribution is 2.26. The van der Waals surface area contributed by atoms with Crippen LogP contribution >= 0.6 is 0 Å². The Morgan fingerprint density at radius 3 is 3.00 bits per heavy atom. The topological polar surface area (TPSA) is 107 Å². The number of pyridine rings is 2. The minimum atomic E-state index is -0.130. The summed E-state index contributed by atoms with van der Waals surface area (Å²) in [4.78, 5) is 36.2. The Kier molecular flexibility index (Phi) is 7.24. The van der Waals surface area contributed by atoms with Crippen molar-refractivity contribution in [1.29, 1.82) is 0 Å². The number of hydrogen-bond donors (Lipinski definition) is 3. The third-order valence-corrected chi connectivity index (χ3v) is 5.43. The molecule has 0 saturated carbocycles. The zero-order valence-electron chi connectivity index (χ0n) is 17.6. The Hall–Kier alpha value is -3.13. The second-order valence-corrected chi connectivity index (χ2v) is 7.29. The summed E-state index contributed by atoms with van der Waals surface area (Å²) < 4.78 is 0. The lowest BCUT2D eigenvalue weighted by molar-refractivity contribution is -0.127. The normalized spacial score (nSPS) is 16.6. The van der Waals surface area contributed by atoms with E-state index in [1.807, 2.05) is 37.1 Å². The first-order chi connectivity index (χ1) is 14.6. The van der Waals surface area contributed by atoms with Crippen LogP contribution in [0, 0.1) is 0 Å². The smallest absolute Gasteiger partial charge is 0.271 e. The summed E-state index contributed by atoms with van der Waals surface area (Å²) in [5.74, 6) is 0.736. The fraction of sp³-hybridized carbons (Fsp3) is 0.409. The lowest BCUT2D eigenvalue weighted by atomic mass is 10.0. The van der Waals surface area contributed by atoms with Gasteiger partial charge >= 0.3 is 0 Å². The molecular weight excluding hydrogens is 380 g/mol. The van der Waals surface area contributed by atoms with Crippen molar-refractivity contribution in [2.24, 2.45) is 5.73 Å². The van der Waals surface area contributed by atoms with Crippen LogP contribution < -0.4 is 21.5 Å². The van der Waals surface area contributed by atoms with Gasteiger partial charge in [0.25, 0.3) is 5.56 Å². The molecule has 0 aromatic carbocycles. The summed E-state index contributed by atoms with van der Waals surface area (Å²) in [7, 11) is 1.82. The van der Waals surface area contributed by atoms with Crippen LogP contribution in [0.15, 0.2) is 47.5 Å². The van der Waals surface area contributed by atoms with E-state index >= 15 is 0 Å². The van der Waals surface area contributed by atoms with Crippen molar-refractivity contribution in [1.82, 2.24) is 14.9 Å². The Bertz CT molecular complexity index is 955. The van der Waals surface area contributed by atoms with Crippen LogP contribution in [0.5, 0.6) is 0 Å². The van der Waals surface area contributed by atoms with E-state index in [4.69, 9.17) is 5.73 Å². The van der Waals surface area contributed by atoms with Crippen LogP contribution in [0.4, 0.5) is 11.5 Å². The molecule has 1 amide bonds. The van der Waals surface area contributed by atoms with Crippen molar-refractivity contribution in [3.05, 3.63) is 53.1 Å². The molecule has 1 aliphatic rings. The molecule has 1 fully saturated rings. The van der Waals surface area contributed by atoms with Crippen molar-refractivity contribution in [2.75, 3.05) is 43.4 Å². The molecule has 30 heavy (non-hydrogen) atoms. The number of nitrogens with one attached hydrogen (secondary N) is 2. The zero-order valence-corrected chi connectivity index (χ0v) is 17.6. The molecule has 8 nitrogen and oxygen atoms in total. The minimum absolute atomic E-state index is 0.0276. The number of nitrogens with two attached hydrogens (primary N) is 1. The van der Waals surface area contributed by atoms with Crippen LogP contribution in [-0.4, -0.2) is 60.0 Å². The van der Waals surface area contributed by atoms with Crippen LogP contribution in [0.2, 0.25) is 0 Å². The van der Waals surface area contributed by atoms with E-state index in [0.717, 1.165) is 36.3 Å². The van der Waals surface area contributed by atoms with Crippen LogP contribution in [0.1, 0.15) is 19.8 Å². The first kappa shape index (κ1) is 21.6. The molecule has 1 atom stereocenters. The van der Waals surface area contributed by atoms with Crippen molar-refractivity contribution < 1.29 is 4.79 Å². The second-order valence-electron chi connectivity index (χ2n) is 7.29. The van der Waals surface area contributed by atoms with Gasteiger partial charge in [0.1, 0.15) is 11.5 Å². The molecule has 4 N–H and O–H groups in total. The second kappa shape index (κ2) is 10.1. The lowest BCUT2D eigenvalue weighted by Gasteiger charge is -2.39. The monoisotopic (exact) mass is 410 g/mol. The number of likely N-dealkylation sites (N-methyl/N-ethyl adjacent to an activating group) is 1. The number of carbonyl (C=O) groups excluding carboxylic acids is 1. The maximum Gasteiger partial charge on any atom is 0.271 e. The number of nitrogens with zero attached hydrogens (tertiary/aromatic N) is 3. The maximum atomic E-state index is 12.7. The minimum Gasteiger partial charge on any atom is -0.373 e. The molecule has 8 heteroatoms. The molecule has 160 valence electrons. The summed E-state index contributed by atoms with van der Waals surface area (Å²) in [5, 5.41) is 3.03. The highest BCUT2D eigenvalue weighted by Gasteiger charge is 2.28. The molecule has 3 rings (SSSR count). The predicted molar refractivity (Wildman–Crippen MR) is 121 cm³/mol. The molecule has 0 aliphatic carbocycles. The first-order valence-corrected chi connectivity index (χ1v) is 10.4. The summed E-state index contributed by atoms with van der Waals surface area (Å²) in [6, 6.07) is 5.87. The van der Waals surface area contributed by atoms with E-state index in [1.165, 1.54) is 6.08 Å². The maximum absolute atomic E-state index is 12.7. The standard InChI is InChI=1S/C22H30N6O2/c1-3-28(18-6-5-11-27(15-18)21(29)7-4-9-23)19-12-17(14-26-22(19)30)16-8-10-25-20(13-16)24-2/h4,7-8,10,12-14,18H,3,5-6,9,11,15,23H2,1-2H3,(H,24,25)(H,26,30)/b7-4+/t18-/m0/s1.